The molecule has 2 fully saturated rings. The maximum atomic E-state index is 15.7. The van der Waals surface area contributed by atoms with Crippen LogP contribution in [0.25, 0.3) is 0 Å². The highest BCUT2D eigenvalue weighted by Crippen LogP contribution is 2.50. The molecular weight excluding hydrogens is 588 g/mol. The van der Waals surface area contributed by atoms with Crippen molar-refractivity contribution in [2.45, 2.75) is 37.7 Å². The molecule has 0 radical (unpaired) electrons. The number of nitrogens with two attached hydrogens (primary N) is 1. The van der Waals surface area contributed by atoms with Crippen LogP contribution in [0.1, 0.15) is 43.2 Å². The van der Waals surface area contributed by atoms with Crippen molar-refractivity contribution in [2.75, 3.05) is 27.2 Å². The minimum absolute atomic E-state index is 0.115. The Morgan fingerprint density at radius 3 is 2.71 bits per heavy atom. The molecule has 11 nitrogen and oxygen atoms in total. The summed E-state index contributed by atoms with van der Waals surface area (Å²) in [7, 11) is 3.25. The van der Waals surface area contributed by atoms with Crippen molar-refractivity contribution in [1.29, 1.82) is 5.41 Å². The number of carbonyl (C=O) groups is 1. The van der Waals surface area contributed by atoms with Gasteiger partial charge in [0.05, 0.1) is 31.3 Å². The third-order valence-electron chi connectivity index (χ3n) is 8.61. The molecule has 0 amide bonds. The molecule has 13 heteroatoms. The van der Waals surface area contributed by atoms with E-state index in [0.717, 1.165) is 31.9 Å². The Morgan fingerprint density at radius 1 is 1.16 bits per heavy atom. The van der Waals surface area contributed by atoms with Crippen LogP contribution in [-0.2, 0) is 9.53 Å². The molecule has 236 valence electrons. The number of nitrogens with zero attached hydrogens (tertiary/aromatic N) is 3. The average molecular weight is 622 g/mol. The predicted octanol–water partition coefficient (Wildman–Crippen LogP) is 5.13. The number of aromatic nitrogens is 1. The number of pyridine rings is 1. The van der Waals surface area contributed by atoms with E-state index < -0.39 is 28.9 Å². The molecule has 3 aromatic rings. The van der Waals surface area contributed by atoms with E-state index >= 15 is 8.78 Å². The van der Waals surface area contributed by atoms with E-state index in [1.54, 1.807) is 18.2 Å². The number of nitrogens with one attached hydrogen (secondary N) is 1. The Kier molecular flexibility index (Phi) is 7.94. The van der Waals surface area contributed by atoms with Crippen LogP contribution in [0, 0.1) is 28.9 Å². The van der Waals surface area contributed by atoms with Gasteiger partial charge in [0.1, 0.15) is 28.8 Å². The maximum Gasteiger partial charge on any atom is 0.308 e. The zero-order chi connectivity index (χ0) is 31.9. The molecule has 2 saturated carbocycles. The fourth-order valence-electron chi connectivity index (χ4n) is 6.48. The molecule has 45 heavy (non-hydrogen) atoms. The second-order valence-electron chi connectivity index (χ2n) is 11.7. The van der Waals surface area contributed by atoms with E-state index in [9.17, 15) is 9.90 Å². The van der Waals surface area contributed by atoms with E-state index in [1.807, 2.05) is 11.9 Å². The molecule has 2 aliphatic carbocycles. The minimum atomic E-state index is -1.25. The number of methoxy groups -OCH3 is 1. The molecule has 4 N–H and O–H groups in total. The highest BCUT2D eigenvalue weighted by molar-refractivity contribution is 6.02. The van der Waals surface area contributed by atoms with Gasteiger partial charge >= 0.3 is 5.97 Å². The van der Waals surface area contributed by atoms with Gasteiger partial charge in [0, 0.05) is 25.6 Å². The standard InChI is InChI=1S/C32H33F2N5O6/c1-39-10-9-37-29(39)21-13-20(45-32-8-7-17(14-32)11-19(15-32)31(41)42-2)4-6-24(21)43-27-22(33)16-38-30(26(27)34)44-25-12-18(28(35)36)3-5-23(25)40/h3-6,12-13,16-17,19,40H,7-11,14-15H2,1-2H3,(H3,35,36). The first-order chi connectivity index (χ1) is 21.6. The highest BCUT2D eigenvalue weighted by Gasteiger charge is 2.49. The summed E-state index contributed by atoms with van der Waals surface area (Å²) in [5.41, 5.74) is 5.67. The fourth-order valence-corrected chi connectivity index (χ4v) is 6.48. The Hall–Kier alpha value is -4.94. The number of hydrogen-bond acceptors (Lipinski definition) is 10. The largest absolute Gasteiger partial charge is 0.504 e. The first-order valence-electron chi connectivity index (χ1n) is 14.6. The van der Waals surface area contributed by atoms with Crippen molar-refractivity contribution in [2.24, 2.45) is 22.6 Å². The van der Waals surface area contributed by atoms with Crippen molar-refractivity contribution < 1.29 is 37.6 Å². The lowest BCUT2D eigenvalue weighted by molar-refractivity contribution is -0.149. The van der Waals surface area contributed by atoms with Gasteiger partial charge in [-0.15, -0.1) is 0 Å². The first kappa shape index (κ1) is 30.1. The molecule has 0 spiro atoms. The zero-order valence-corrected chi connectivity index (χ0v) is 24.8. The molecule has 3 aliphatic rings. The Morgan fingerprint density at radius 2 is 1.98 bits per heavy atom. The summed E-state index contributed by atoms with van der Waals surface area (Å²) < 4.78 is 53.7. The number of nitrogen functional groups attached to an aromatic ring is 1. The van der Waals surface area contributed by atoms with Gasteiger partial charge in [-0.2, -0.15) is 4.39 Å². The quantitative estimate of drug-likeness (QED) is 0.168. The van der Waals surface area contributed by atoms with Crippen LogP contribution in [-0.4, -0.2) is 65.5 Å². The topological polar surface area (TPSA) is 153 Å². The molecule has 0 saturated heterocycles. The van der Waals surface area contributed by atoms with Gasteiger partial charge in [-0.1, -0.05) is 0 Å². The number of rotatable bonds is 9. The third-order valence-corrected chi connectivity index (χ3v) is 8.61. The summed E-state index contributed by atoms with van der Waals surface area (Å²) in [4.78, 5) is 22.6. The number of benzene rings is 2. The van der Waals surface area contributed by atoms with E-state index in [2.05, 4.69) is 9.98 Å². The van der Waals surface area contributed by atoms with Gasteiger partial charge in [-0.05, 0) is 68.0 Å². The number of ether oxygens (including phenoxy) is 4. The van der Waals surface area contributed by atoms with E-state index in [-0.39, 0.29) is 40.5 Å². The number of fused-ring (bicyclic) bond motifs is 2. The minimum Gasteiger partial charge on any atom is -0.504 e. The number of phenols is 1. The van der Waals surface area contributed by atoms with E-state index in [1.165, 1.54) is 25.3 Å². The fraction of sp³-hybridized carbons (Fsp3) is 0.375. The number of amidine groups is 2. The van der Waals surface area contributed by atoms with Crippen LogP contribution in [0.5, 0.6) is 34.6 Å². The van der Waals surface area contributed by atoms with E-state index in [4.69, 9.17) is 30.1 Å². The summed E-state index contributed by atoms with van der Waals surface area (Å²) in [5.74, 6) is -3.55. The van der Waals surface area contributed by atoms with Gasteiger partial charge in [-0.25, -0.2) is 9.37 Å². The van der Waals surface area contributed by atoms with Gasteiger partial charge in [0.15, 0.2) is 17.3 Å². The summed E-state index contributed by atoms with van der Waals surface area (Å²) in [5, 5.41) is 17.8. The molecule has 2 aromatic carbocycles. The maximum absolute atomic E-state index is 15.7. The first-order valence-corrected chi connectivity index (χ1v) is 14.6. The van der Waals surface area contributed by atoms with Crippen molar-refractivity contribution in [1.82, 2.24) is 9.88 Å². The molecule has 3 atom stereocenters. The van der Waals surface area contributed by atoms with Crippen molar-refractivity contribution in [3.05, 3.63) is 65.4 Å². The molecule has 6 rings (SSSR count). The van der Waals surface area contributed by atoms with Gasteiger partial charge in [-0.3, -0.25) is 15.2 Å². The van der Waals surface area contributed by atoms with Crippen LogP contribution >= 0.6 is 0 Å². The van der Waals surface area contributed by atoms with Crippen LogP contribution in [0.3, 0.4) is 0 Å². The summed E-state index contributed by atoms with van der Waals surface area (Å²) >= 11 is 0. The molecule has 2 heterocycles. The summed E-state index contributed by atoms with van der Waals surface area (Å²) in [6, 6.07) is 8.82. The molecule has 3 unspecified atom stereocenters. The normalized spacial score (nSPS) is 22.1. The van der Waals surface area contributed by atoms with Crippen molar-refractivity contribution in [3.8, 4) is 34.6 Å². The highest BCUT2D eigenvalue weighted by atomic mass is 19.1. The Bertz CT molecular complexity index is 1700. The molecular formula is C32H33F2N5O6. The van der Waals surface area contributed by atoms with Gasteiger partial charge in [0.2, 0.25) is 11.6 Å². The third kappa shape index (κ3) is 5.94. The number of hydrogen-bond donors (Lipinski definition) is 3. The number of phenolic OH excluding ortho intramolecular Hbond substituents is 1. The monoisotopic (exact) mass is 621 g/mol. The lowest BCUT2D eigenvalue weighted by Crippen LogP contribution is -2.41. The number of halogens is 2. The lowest BCUT2D eigenvalue weighted by atomic mass is 9.78. The number of aliphatic imine (C=N–C) groups is 1. The summed E-state index contributed by atoms with van der Waals surface area (Å²) in [6.07, 6.45) is 4.67. The Balaban J connectivity index is 1.32. The Labute approximate surface area is 258 Å². The number of likely N-dealkylation sites (N-methyl/N-ethyl adjacent to an activating group) is 1. The van der Waals surface area contributed by atoms with Gasteiger partial charge in [0.25, 0.3) is 5.88 Å². The number of esters is 1. The van der Waals surface area contributed by atoms with Crippen molar-refractivity contribution in [3.63, 3.8) is 0 Å². The molecule has 1 aromatic heterocycles. The van der Waals surface area contributed by atoms with Crippen LogP contribution < -0.4 is 19.9 Å². The number of aromatic hydroxyl groups is 1. The SMILES string of the molecule is COC(=O)C1CC2CCC(Oc3ccc(Oc4c(F)cnc(Oc5cc(C(=N)N)ccc5O)c4F)c(C4=NCCN4C)c3)(C2)C1. The van der Waals surface area contributed by atoms with E-state index in [0.29, 0.717) is 42.6 Å². The van der Waals surface area contributed by atoms with Crippen LogP contribution in [0.2, 0.25) is 0 Å². The van der Waals surface area contributed by atoms with Crippen LogP contribution in [0.15, 0.2) is 47.6 Å². The average Bonchev–Trinajstić information content (AvgIpc) is 3.58. The number of carbonyl (C=O) groups excluding carboxylic acids is 1. The van der Waals surface area contributed by atoms with Crippen molar-refractivity contribution >= 4 is 17.6 Å². The van der Waals surface area contributed by atoms with Crippen LogP contribution in [0.4, 0.5) is 8.78 Å². The predicted molar refractivity (Wildman–Crippen MR) is 159 cm³/mol. The molecule has 2 bridgehead atoms. The molecule has 1 aliphatic heterocycles. The second kappa shape index (κ2) is 11.9. The smallest absolute Gasteiger partial charge is 0.308 e. The van der Waals surface area contributed by atoms with Gasteiger partial charge < -0.3 is 34.7 Å². The lowest BCUT2D eigenvalue weighted by Gasteiger charge is -2.37. The second-order valence-corrected chi connectivity index (χ2v) is 11.7. The zero-order valence-electron chi connectivity index (χ0n) is 24.8. The summed E-state index contributed by atoms with van der Waals surface area (Å²) in [6.45, 7) is 1.17.